The number of nitrogen functional groups attached to an aromatic ring is 1. The number of nitrogens with two attached hydrogens (primary N) is 1. The van der Waals surface area contributed by atoms with Crippen molar-refractivity contribution >= 4 is 11.6 Å². The Kier molecular flexibility index (Phi) is 2.14. The summed E-state index contributed by atoms with van der Waals surface area (Å²) in [5.74, 6) is -1.45. The third-order valence-corrected chi connectivity index (χ3v) is 1.44. The van der Waals surface area contributed by atoms with E-state index in [4.69, 9.17) is 10.8 Å². The monoisotopic (exact) mass is 182 g/mol. The van der Waals surface area contributed by atoms with Crippen LogP contribution in [0.25, 0.3) is 0 Å². The first-order valence-electron chi connectivity index (χ1n) is 3.29. The second-order valence-electron chi connectivity index (χ2n) is 2.34. The second kappa shape index (κ2) is 3.10. The van der Waals surface area contributed by atoms with Gasteiger partial charge in [0, 0.05) is 0 Å². The summed E-state index contributed by atoms with van der Waals surface area (Å²) in [4.78, 5) is 19.8. The van der Waals surface area contributed by atoms with Gasteiger partial charge in [0.15, 0.2) is 0 Å². The molecule has 0 spiro atoms. The van der Waals surface area contributed by atoms with E-state index in [2.05, 4.69) is 0 Å². The van der Waals surface area contributed by atoms with E-state index in [1.54, 1.807) is 0 Å². The lowest BCUT2D eigenvalue weighted by atomic mass is 10.2. The van der Waals surface area contributed by atoms with E-state index in [9.17, 15) is 14.9 Å². The number of benzene rings is 1. The van der Waals surface area contributed by atoms with Crippen molar-refractivity contribution < 1.29 is 14.8 Å². The number of amides is 1. The van der Waals surface area contributed by atoms with Gasteiger partial charge in [-0.1, -0.05) is 0 Å². The zero-order valence-corrected chi connectivity index (χ0v) is 6.43. The molecule has 68 valence electrons. The molecule has 0 heterocycles. The first kappa shape index (κ1) is 8.98. The molecular formula is C7H6N2O4. The summed E-state index contributed by atoms with van der Waals surface area (Å²) in [5.41, 5.74) is 5.02. The number of phenolic OH excluding ortho intramolecular Hbond substituents is 1. The quantitative estimate of drug-likeness (QED) is 0.283. The van der Waals surface area contributed by atoms with Crippen molar-refractivity contribution in [3.05, 3.63) is 33.9 Å². The van der Waals surface area contributed by atoms with E-state index in [1.807, 2.05) is 0 Å². The Morgan fingerprint density at radius 1 is 1.54 bits per heavy atom. The molecule has 0 aliphatic heterocycles. The van der Waals surface area contributed by atoms with Crippen LogP contribution in [0.1, 0.15) is 10.4 Å². The van der Waals surface area contributed by atoms with Crippen molar-refractivity contribution in [1.29, 1.82) is 0 Å². The van der Waals surface area contributed by atoms with Crippen LogP contribution in [-0.4, -0.2) is 15.9 Å². The Labute approximate surface area is 72.7 Å². The van der Waals surface area contributed by atoms with E-state index >= 15 is 0 Å². The number of hydrogen-bond donors (Lipinski definition) is 2. The summed E-state index contributed by atoms with van der Waals surface area (Å²) >= 11 is 0. The van der Waals surface area contributed by atoms with E-state index < -0.39 is 10.8 Å². The molecule has 1 aromatic rings. The van der Waals surface area contributed by atoms with Gasteiger partial charge in [-0.15, -0.1) is 0 Å². The minimum atomic E-state index is -1.24. The highest BCUT2D eigenvalue weighted by atomic mass is 16.6. The van der Waals surface area contributed by atoms with Gasteiger partial charge in [-0.3, -0.25) is 10.1 Å². The zero-order valence-electron chi connectivity index (χ0n) is 6.43. The standard InChI is InChI=1S/C7H6N2O4/c8-5-3-4(1-2-6(5)10)7(11)9(12)13/h1-3,10H,8H2. The van der Waals surface area contributed by atoms with Crippen LogP contribution < -0.4 is 5.73 Å². The summed E-state index contributed by atoms with van der Waals surface area (Å²) in [6.45, 7) is 0. The molecule has 0 aromatic heterocycles. The number of phenols is 1. The van der Waals surface area contributed by atoms with Gasteiger partial charge < -0.3 is 10.8 Å². The molecule has 0 atom stereocenters. The number of carbonyl (C=O) groups is 1. The SMILES string of the molecule is Nc1cc(C(=O)[N+](=O)[O-])ccc1O. The summed E-state index contributed by atoms with van der Waals surface area (Å²) in [6.07, 6.45) is 0. The number of nitrogens with zero attached hydrogens (tertiary/aromatic N) is 1. The third kappa shape index (κ3) is 1.73. The van der Waals surface area contributed by atoms with E-state index in [0.29, 0.717) is 0 Å². The molecule has 1 rings (SSSR count). The van der Waals surface area contributed by atoms with Gasteiger partial charge in [-0.25, -0.2) is 4.79 Å². The zero-order chi connectivity index (χ0) is 10.0. The minimum Gasteiger partial charge on any atom is -0.506 e. The molecule has 1 amide bonds. The normalized spacial score (nSPS) is 9.54. The largest absolute Gasteiger partial charge is 0.506 e. The van der Waals surface area contributed by atoms with Crippen LogP contribution in [0.4, 0.5) is 5.69 Å². The van der Waals surface area contributed by atoms with Gasteiger partial charge in [-0.05, 0) is 18.2 Å². The molecule has 0 fully saturated rings. The van der Waals surface area contributed by atoms with E-state index in [-0.39, 0.29) is 17.0 Å². The molecular weight excluding hydrogens is 176 g/mol. The third-order valence-electron chi connectivity index (χ3n) is 1.44. The fourth-order valence-corrected chi connectivity index (χ4v) is 0.793. The maximum Gasteiger partial charge on any atom is 0.476 e. The average Bonchev–Trinajstić information content (AvgIpc) is 2.08. The molecule has 3 N–H and O–H groups in total. The van der Waals surface area contributed by atoms with Crippen LogP contribution in [0, 0.1) is 10.1 Å². The summed E-state index contributed by atoms with van der Waals surface area (Å²) < 4.78 is 0. The summed E-state index contributed by atoms with van der Waals surface area (Å²) in [7, 11) is 0. The number of aromatic hydroxyl groups is 1. The van der Waals surface area contributed by atoms with Crippen molar-refractivity contribution in [2.24, 2.45) is 0 Å². The topological polar surface area (TPSA) is 106 Å². The van der Waals surface area contributed by atoms with E-state index in [0.717, 1.165) is 18.2 Å². The highest BCUT2D eigenvalue weighted by molar-refractivity contribution is 5.89. The predicted octanol–water partition coefficient (Wildman–Crippen LogP) is 0.391. The van der Waals surface area contributed by atoms with Crippen molar-refractivity contribution in [3.8, 4) is 5.75 Å². The number of anilines is 1. The van der Waals surface area contributed by atoms with Gasteiger partial charge in [0.25, 0.3) is 0 Å². The average molecular weight is 182 g/mol. The lowest BCUT2D eigenvalue weighted by Crippen LogP contribution is -2.11. The first-order valence-corrected chi connectivity index (χ1v) is 3.29. The lowest BCUT2D eigenvalue weighted by molar-refractivity contribution is -0.375. The molecule has 6 nitrogen and oxygen atoms in total. The fraction of sp³-hybridized carbons (Fsp3) is 0. The molecule has 0 aliphatic carbocycles. The van der Waals surface area contributed by atoms with Gasteiger partial charge in [0.2, 0.25) is 0 Å². The number of carbonyl (C=O) groups excluding carboxylic acids is 1. The minimum absolute atomic E-state index is 0.0623. The Balaban J connectivity index is 3.11. The summed E-state index contributed by atoms with van der Waals surface area (Å²) in [5, 5.41) is 19.0. The van der Waals surface area contributed by atoms with Crippen molar-refractivity contribution in [2.75, 3.05) is 5.73 Å². The number of nitro groups is 1. The molecule has 0 saturated carbocycles. The molecule has 0 aliphatic rings. The second-order valence-corrected chi connectivity index (χ2v) is 2.34. The molecule has 0 bridgehead atoms. The van der Waals surface area contributed by atoms with Gasteiger partial charge in [0.1, 0.15) is 10.7 Å². The highest BCUT2D eigenvalue weighted by Crippen LogP contribution is 2.20. The van der Waals surface area contributed by atoms with Gasteiger partial charge >= 0.3 is 5.91 Å². The Hall–Kier alpha value is -2.11. The van der Waals surface area contributed by atoms with Gasteiger partial charge in [-0.2, -0.15) is 0 Å². The molecule has 0 radical (unpaired) electrons. The van der Waals surface area contributed by atoms with Crippen LogP contribution >= 0.6 is 0 Å². The fourth-order valence-electron chi connectivity index (χ4n) is 0.793. The van der Waals surface area contributed by atoms with Crippen LogP contribution in [0.3, 0.4) is 0 Å². The van der Waals surface area contributed by atoms with Crippen LogP contribution in [0.2, 0.25) is 0 Å². The molecule has 1 aromatic carbocycles. The molecule has 13 heavy (non-hydrogen) atoms. The molecule has 0 saturated heterocycles. The Morgan fingerprint density at radius 3 is 2.62 bits per heavy atom. The lowest BCUT2D eigenvalue weighted by Gasteiger charge is -1.97. The smallest absolute Gasteiger partial charge is 0.476 e. The maximum absolute atomic E-state index is 10.8. The van der Waals surface area contributed by atoms with Crippen LogP contribution in [-0.2, 0) is 0 Å². The maximum atomic E-state index is 10.8. The first-order chi connectivity index (χ1) is 6.02. The number of rotatable bonds is 1. The molecule has 0 unspecified atom stereocenters. The Bertz CT molecular complexity index is 375. The van der Waals surface area contributed by atoms with Crippen LogP contribution in [0.15, 0.2) is 18.2 Å². The van der Waals surface area contributed by atoms with Crippen molar-refractivity contribution in [1.82, 2.24) is 0 Å². The molecule has 6 heteroatoms. The number of hydrogen-bond acceptors (Lipinski definition) is 5. The van der Waals surface area contributed by atoms with Crippen LogP contribution in [0.5, 0.6) is 5.75 Å². The van der Waals surface area contributed by atoms with Crippen molar-refractivity contribution in [2.45, 2.75) is 0 Å². The predicted molar refractivity (Wildman–Crippen MR) is 43.8 cm³/mol. The van der Waals surface area contributed by atoms with E-state index in [1.165, 1.54) is 0 Å². The summed E-state index contributed by atoms with van der Waals surface area (Å²) in [6, 6.07) is 3.32. The van der Waals surface area contributed by atoms with Gasteiger partial charge in [0.05, 0.1) is 11.3 Å². The highest BCUT2D eigenvalue weighted by Gasteiger charge is 2.18. The van der Waals surface area contributed by atoms with Crippen molar-refractivity contribution in [3.63, 3.8) is 0 Å². The Morgan fingerprint density at radius 2 is 2.15 bits per heavy atom.